The van der Waals surface area contributed by atoms with Crippen LogP contribution in [0, 0.1) is 0 Å². The fraction of sp³-hybridized carbons (Fsp3) is 0.833. The Hall–Kier alpha value is -1.14. The van der Waals surface area contributed by atoms with E-state index in [0.717, 1.165) is 39.0 Å². The van der Waals surface area contributed by atoms with Crippen LogP contribution in [0.4, 0.5) is 0 Å². The van der Waals surface area contributed by atoms with Gasteiger partial charge in [-0.2, -0.15) is 0 Å². The van der Waals surface area contributed by atoms with Crippen LogP contribution in [0.25, 0.3) is 0 Å². The molecular formula is C12H22N4O2. The molecule has 2 amide bonds. The van der Waals surface area contributed by atoms with Crippen molar-refractivity contribution in [3.05, 3.63) is 0 Å². The van der Waals surface area contributed by atoms with Crippen LogP contribution in [-0.2, 0) is 9.59 Å². The number of hydrogen-bond donors (Lipinski definition) is 1. The molecule has 2 saturated heterocycles. The molecule has 2 N–H and O–H groups in total. The Morgan fingerprint density at radius 1 is 1.28 bits per heavy atom. The molecular weight excluding hydrogens is 232 g/mol. The Morgan fingerprint density at radius 2 is 1.94 bits per heavy atom. The summed E-state index contributed by atoms with van der Waals surface area (Å²) in [7, 11) is 1.85. The van der Waals surface area contributed by atoms with Gasteiger partial charge in [0.25, 0.3) is 0 Å². The summed E-state index contributed by atoms with van der Waals surface area (Å²) < 4.78 is 0. The van der Waals surface area contributed by atoms with E-state index in [1.165, 1.54) is 0 Å². The van der Waals surface area contributed by atoms with Crippen molar-refractivity contribution in [2.24, 2.45) is 5.73 Å². The second kappa shape index (κ2) is 5.67. The number of rotatable bonds is 2. The molecule has 0 spiro atoms. The van der Waals surface area contributed by atoms with Gasteiger partial charge in [-0.05, 0) is 12.8 Å². The van der Waals surface area contributed by atoms with E-state index in [-0.39, 0.29) is 18.4 Å². The number of carbonyl (C=O) groups is 2. The maximum Gasteiger partial charge on any atom is 0.236 e. The zero-order valence-corrected chi connectivity index (χ0v) is 11.0. The molecule has 0 radical (unpaired) electrons. The number of piperazine rings is 1. The fourth-order valence-corrected chi connectivity index (χ4v) is 2.70. The molecule has 0 aromatic rings. The minimum atomic E-state index is 0.0305. The van der Waals surface area contributed by atoms with E-state index >= 15 is 0 Å². The molecule has 0 aromatic heterocycles. The number of nitrogens with zero attached hydrogens (tertiary/aromatic N) is 3. The van der Waals surface area contributed by atoms with Crippen LogP contribution in [0.3, 0.4) is 0 Å². The van der Waals surface area contributed by atoms with Gasteiger partial charge >= 0.3 is 0 Å². The monoisotopic (exact) mass is 254 g/mol. The molecule has 2 fully saturated rings. The van der Waals surface area contributed by atoms with E-state index in [1.807, 2.05) is 11.9 Å². The topological polar surface area (TPSA) is 69.9 Å². The first-order valence-corrected chi connectivity index (χ1v) is 6.57. The van der Waals surface area contributed by atoms with Crippen LogP contribution >= 0.6 is 0 Å². The van der Waals surface area contributed by atoms with Crippen LogP contribution in [0.15, 0.2) is 0 Å². The molecule has 0 saturated carbocycles. The van der Waals surface area contributed by atoms with Crippen molar-refractivity contribution >= 4 is 11.8 Å². The van der Waals surface area contributed by atoms with Crippen molar-refractivity contribution in [1.82, 2.24) is 14.7 Å². The summed E-state index contributed by atoms with van der Waals surface area (Å²) in [5.41, 5.74) is 5.36. The molecule has 2 heterocycles. The van der Waals surface area contributed by atoms with Crippen LogP contribution in [0.1, 0.15) is 12.8 Å². The maximum absolute atomic E-state index is 11.7. The third-order valence-corrected chi connectivity index (χ3v) is 3.99. The Labute approximate surface area is 108 Å². The normalized spacial score (nSPS) is 23.6. The van der Waals surface area contributed by atoms with E-state index in [1.54, 1.807) is 4.90 Å². The number of likely N-dealkylation sites (tertiary alicyclic amines) is 1. The summed E-state index contributed by atoms with van der Waals surface area (Å²) in [6.45, 7) is 3.89. The standard InChI is InChI=1S/C12H22N4O2/c1-14-6-7-16(9-12(14)18)10-2-4-15(5-3-10)11(17)8-13/h10H,2-9,13H2,1H3. The predicted octanol–water partition coefficient (Wildman–Crippen LogP) is -1.29. The van der Waals surface area contributed by atoms with Gasteiger partial charge in [0.2, 0.25) is 11.8 Å². The first kappa shape index (κ1) is 13.3. The molecule has 0 aromatic carbocycles. The van der Waals surface area contributed by atoms with Gasteiger partial charge in [-0.25, -0.2) is 0 Å². The SMILES string of the molecule is CN1CCN(C2CCN(C(=O)CN)CC2)CC1=O. The average molecular weight is 254 g/mol. The first-order valence-electron chi connectivity index (χ1n) is 6.57. The second-order valence-electron chi connectivity index (χ2n) is 5.10. The van der Waals surface area contributed by atoms with E-state index in [9.17, 15) is 9.59 Å². The van der Waals surface area contributed by atoms with Crippen molar-refractivity contribution in [3.63, 3.8) is 0 Å². The van der Waals surface area contributed by atoms with Gasteiger partial charge in [-0.1, -0.05) is 0 Å². The highest BCUT2D eigenvalue weighted by Gasteiger charge is 2.30. The van der Waals surface area contributed by atoms with Gasteiger partial charge < -0.3 is 15.5 Å². The van der Waals surface area contributed by atoms with Crippen molar-refractivity contribution in [2.75, 3.05) is 46.3 Å². The maximum atomic E-state index is 11.7. The van der Waals surface area contributed by atoms with Crippen molar-refractivity contribution in [1.29, 1.82) is 0 Å². The molecule has 0 bridgehead atoms. The van der Waals surface area contributed by atoms with Crippen molar-refractivity contribution < 1.29 is 9.59 Å². The van der Waals surface area contributed by atoms with Crippen LogP contribution in [0.2, 0.25) is 0 Å². The van der Waals surface area contributed by atoms with Crippen LogP contribution in [-0.4, -0.2) is 78.9 Å². The molecule has 6 heteroatoms. The summed E-state index contributed by atoms with van der Waals surface area (Å²) in [6, 6.07) is 0.435. The number of piperidine rings is 1. The Balaban J connectivity index is 1.83. The van der Waals surface area contributed by atoms with E-state index in [0.29, 0.717) is 12.6 Å². The highest BCUT2D eigenvalue weighted by atomic mass is 16.2. The first-order chi connectivity index (χ1) is 8.61. The molecule has 0 aliphatic carbocycles. The number of carbonyl (C=O) groups excluding carboxylic acids is 2. The minimum absolute atomic E-state index is 0.0305. The Kier molecular flexibility index (Phi) is 4.19. The fourth-order valence-electron chi connectivity index (χ4n) is 2.70. The number of nitrogens with two attached hydrogens (primary N) is 1. The molecule has 2 aliphatic heterocycles. The zero-order chi connectivity index (χ0) is 13.1. The molecule has 2 aliphatic rings. The van der Waals surface area contributed by atoms with Gasteiger partial charge in [-0.3, -0.25) is 14.5 Å². The van der Waals surface area contributed by atoms with Gasteiger partial charge in [-0.15, -0.1) is 0 Å². The smallest absolute Gasteiger partial charge is 0.236 e. The molecule has 0 atom stereocenters. The van der Waals surface area contributed by atoms with E-state index in [2.05, 4.69) is 4.90 Å². The van der Waals surface area contributed by atoms with E-state index in [4.69, 9.17) is 5.73 Å². The summed E-state index contributed by atoms with van der Waals surface area (Å²) >= 11 is 0. The molecule has 18 heavy (non-hydrogen) atoms. The molecule has 6 nitrogen and oxygen atoms in total. The van der Waals surface area contributed by atoms with Crippen LogP contribution < -0.4 is 5.73 Å². The summed E-state index contributed by atoms with van der Waals surface area (Å²) in [6.07, 6.45) is 1.89. The summed E-state index contributed by atoms with van der Waals surface area (Å²) in [4.78, 5) is 29.0. The molecule has 0 unspecified atom stereocenters. The lowest BCUT2D eigenvalue weighted by atomic mass is 10.0. The average Bonchev–Trinajstić information content (AvgIpc) is 2.41. The van der Waals surface area contributed by atoms with Gasteiger partial charge in [0.1, 0.15) is 0 Å². The predicted molar refractivity (Wildman–Crippen MR) is 67.9 cm³/mol. The third kappa shape index (κ3) is 2.81. The third-order valence-electron chi connectivity index (χ3n) is 3.99. The largest absolute Gasteiger partial charge is 0.343 e. The highest BCUT2D eigenvalue weighted by Crippen LogP contribution is 2.18. The Morgan fingerprint density at radius 3 is 2.50 bits per heavy atom. The van der Waals surface area contributed by atoms with Crippen molar-refractivity contribution in [2.45, 2.75) is 18.9 Å². The number of likely N-dealkylation sites (N-methyl/N-ethyl adjacent to an activating group) is 1. The van der Waals surface area contributed by atoms with Gasteiger partial charge in [0, 0.05) is 39.3 Å². The highest BCUT2D eigenvalue weighted by molar-refractivity contribution is 5.79. The summed E-state index contributed by atoms with van der Waals surface area (Å²) in [5.74, 6) is 0.226. The van der Waals surface area contributed by atoms with E-state index < -0.39 is 0 Å². The van der Waals surface area contributed by atoms with Gasteiger partial charge in [0.05, 0.1) is 13.1 Å². The second-order valence-corrected chi connectivity index (χ2v) is 5.10. The lowest BCUT2D eigenvalue weighted by molar-refractivity contribution is -0.137. The lowest BCUT2D eigenvalue weighted by Crippen LogP contribution is -2.55. The lowest BCUT2D eigenvalue weighted by Gasteiger charge is -2.41. The van der Waals surface area contributed by atoms with Gasteiger partial charge in [0.15, 0.2) is 0 Å². The molecule has 102 valence electrons. The summed E-state index contributed by atoms with van der Waals surface area (Å²) in [5, 5.41) is 0. The quantitative estimate of drug-likeness (QED) is 0.666. The number of amides is 2. The minimum Gasteiger partial charge on any atom is -0.343 e. The zero-order valence-electron chi connectivity index (χ0n) is 11.0. The Bertz CT molecular complexity index is 326. The van der Waals surface area contributed by atoms with Crippen LogP contribution in [0.5, 0.6) is 0 Å². The van der Waals surface area contributed by atoms with Crippen molar-refractivity contribution in [3.8, 4) is 0 Å². The molecule has 2 rings (SSSR count). The number of hydrogen-bond acceptors (Lipinski definition) is 4.